The minimum absolute atomic E-state index is 0.140. The van der Waals surface area contributed by atoms with Gasteiger partial charge in [-0.3, -0.25) is 4.79 Å². The predicted octanol–water partition coefficient (Wildman–Crippen LogP) is 4.53. The number of rotatable bonds is 4. The first-order valence-electron chi connectivity index (χ1n) is 6.55. The number of nitrogens with one attached hydrogen (secondary N) is 2. The zero-order valence-corrected chi connectivity index (χ0v) is 13.3. The summed E-state index contributed by atoms with van der Waals surface area (Å²) in [5.74, 6) is -0.140. The average molecular weight is 323 g/mol. The Bertz CT molecular complexity index is 658. The number of amides is 1. The van der Waals surface area contributed by atoms with Gasteiger partial charge in [0.05, 0.1) is 21.7 Å². The van der Waals surface area contributed by atoms with E-state index in [1.54, 1.807) is 25.2 Å². The molecule has 110 valence electrons. The molecule has 1 unspecified atom stereocenters. The van der Waals surface area contributed by atoms with Gasteiger partial charge in [0.2, 0.25) is 0 Å². The molecule has 0 aromatic heterocycles. The van der Waals surface area contributed by atoms with Crippen LogP contribution in [0.5, 0.6) is 0 Å². The molecule has 5 heteroatoms. The number of carbonyl (C=O) groups excluding carboxylic acids is 1. The SMILES string of the molecule is CNc1ccccc1C(=O)NC(C)c1ccc(Cl)c(Cl)c1. The summed E-state index contributed by atoms with van der Waals surface area (Å²) in [5.41, 5.74) is 2.29. The third-order valence-electron chi connectivity index (χ3n) is 3.23. The van der Waals surface area contributed by atoms with Crippen LogP contribution in [0.3, 0.4) is 0 Å². The Kier molecular flexibility index (Phi) is 5.10. The van der Waals surface area contributed by atoms with E-state index in [1.807, 2.05) is 31.2 Å². The van der Waals surface area contributed by atoms with Crippen LogP contribution in [0.4, 0.5) is 5.69 Å². The summed E-state index contributed by atoms with van der Waals surface area (Å²) >= 11 is 11.9. The molecule has 0 bridgehead atoms. The summed E-state index contributed by atoms with van der Waals surface area (Å²) in [4.78, 5) is 12.3. The van der Waals surface area contributed by atoms with Crippen molar-refractivity contribution < 1.29 is 4.79 Å². The molecule has 2 aromatic carbocycles. The van der Waals surface area contributed by atoms with Crippen LogP contribution in [0.2, 0.25) is 10.0 Å². The van der Waals surface area contributed by atoms with Gasteiger partial charge in [0.15, 0.2) is 0 Å². The van der Waals surface area contributed by atoms with Crippen molar-refractivity contribution in [3.05, 3.63) is 63.6 Å². The largest absolute Gasteiger partial charge is 0.387 e. The second-order valence-corrected chi connectivity index (χ2v) is 5.48. The normalized spacial score (nSPS) is 11.8. The van der Waals surface area contributed by atoms with Crippen LogP contribution < -0.4 is 10.6 Å². The number of carbonyl (C=O) groups is 1. The lowest BCUT2D eigenvalue weighted by Crippen LogP contribution is -2.27. The second kappa shape index (κ2) is 6.83. The molecule has 0 aliphatic carbocycles. The minimum Gasteiger partial charge on any atom is -0.387 e. The van der Waals surface area contributed by atoms with E-state index in [0.717, 1.165) is 11.3 Å². The van der Waals surface area contributed by atoms with Gasteiger partial charge in [-0.25, -0.2) is 0 Å². The van der Waals surface area contributed by atoms with Crippen LogP contribution in [0, 0.1) is 0 Å². The number of halogens is 2. The smallest absolute Gasteiger partial charge is 0.253 e. The minimum atomic E-state index is -0.169. The topological polar surface area (TPSA) is 41.1 Å². The highest BCUT2D eigenvalue weighted by molar-refractivity contribution is 6.42. The first-order chi connectivity index (χ1) is 10.0. The van der Waals surface area contributed by atoms with E-state index in [9.17, 15) is 4.79 Å². The van der Waals surface area contributed by atoms with Crippen molar-refractivity contribution in [2.75, 3.05) is 12.4 Å². The Labute approximate surface area is 134 Å². The highest BCUT2D eigenvalue weighted by Gasteiger charge is 2.14. The van der Waals surface area contributed by atoms with Crippen molar-refractivity contribution in [1.82, 2.24) is 5.32 Å². The Hall–Kier alpha value is -1.71. The monoisotopic (exact) mass is 322 g/mol. The van der Waals surface area contributed by atoms with Crippen molar-refractivity contribution in [3.63, 3.8) is 0 Å². The Morgan fingerprint density at radius 1 is 1.10 bits per heavy atom. The number of anilines is 1. The van der Waals surface area contributed by atoms with E-state index in [1.165, 1.54) is 0 Å². The first-order valence-corrected chi connectivity index (χ1v) is 7.31. The summed E-state index contributed by atoms with van der Waals surface area (Å²) in [6.45, 7) is 1.90. The fourth-order valence-corrected chi connectivity index (χ4v) is 2.35. The molecule has 3 nitrogen and oxygen atoms in total. The standard InChI is InChI=1S/C16H16Cl2N2O/c1-10(11-7-8-13(17)14(18)9-11)20-16(21)12-5-3-4-6-15(12)19-2/h3-10,19H,1-2H3,(H,20,21). The number of hydrogen-bond donors (Lipinski definition) is 2. The zero-order valence-electron chi connectivity index (χ0n) is 11.8. The molecule has 0 aliphatic rings. The fraction of sp³-hybridized carbons (Fsp3) is 0.188. The van der Waals surface area contributed by atoms with E-state index in [4.69, 9.17) is 23.2 Å². The molecule has 1 atom stereocenters. The average Bonchev–Trinajstić information content (AvgIpc) is 2.49. The number of benzene rings is 2. The lowest BCUT2D eigenvalue weighted by atomic mass is 10.1. The molecule has 2 aromatic rings. The van der Waals surface area contributed by atoms with Crippen molar-refractivity contribution in [2.24, 2.45) is 0 Å². The van der Waals surface area contributed by atoms with E-state index < -0.39 is 0 Å². The summed E-state index contributed by atoms with van der Waals surface area (Å²) in [5, 5.41) is 6.94. The lowest BCUT2D eigenvalue weighted by Gasteiger charge is -2.16. The quantitative estimate of drug-likeness (QED) is 0.868. The maximum atomic E-state index is 12.3. The van der Waals surface area contributed by atoms with Gasteiger partial charge < -0.3 is 10.6 Å². The molecule has 1 amide bonds. The van der Waals surface area contributed by atoms with Crippen LogP contribution in [-0.2, 0) is 0 Å². The lowest BCUT2D eigenvalue weighted by molar-refractivity contribution is 0.0940. The predicted molar refractivity (Wildman–Crippen MR) is 88.3 cm³/mol. The van der Waals surface area contributed by atoms with Gasteiger partial charge >= 0.3 is 0 Å². The van der Waals surface area contributed by atoms with E-state index in [0.29, 0.717) is 15.6 Å². The highest BCUT2D eigenvalue weighted by atomic mass is 35.5. The van der Waals surface area contributed by atoms with Gasteiger partial charge in [-0.2, -0.15) is 0 Å². The zero-order chi connectivity index (χ0) is 15.4. The Morgan fingerprint density at radius 2 is 1.81 bits per heavy atom. The molecule has 21 heavy (non-hydrogen) atoms. The molecule has 0 saturated carbocycles. The van der Waals surface area contributed by atoms with E-state index in [2.05, 4.69) is 10.6 Å². The molecular formula is C16H16Cl2N2O. The van der Waals surface area contributed by atoms with Gasteiger partial charge in [0.1, 0.15) is 0 Å². The number of para-hydroxylation sites is 1. The van der Waals surface area contributed by atoms with E-state index in [-0.39, 0.29) is 11.9 Å². The maximum Gasteiger partial charge on any atom is 0.253 e. The third-order valence-corrected chi connectivity index (χ3v) is 3.97. The molecule has 0 radical (unpaired) electrons. The molecule has 0 fully saturated rings. The Morgan fingerprint density at radius 3 is 2.48 bits per heavy atom. The molecule has 0 spiro atoms. The fourth-order valence-electron chi connectivity index (χ4n) is 2.04. The van der Waals surface area contributed by atoms with Crippen molar-refractivity contribution >= 4 is 34.8 Å². The summed E-state index contributed by atoms with van der Waals surface area (Å²) in [6.07, 6.45) is 0. The Balaban J connectivity index is 2.16. The summed E-state index contributed by atoms with van der Waals surface area (Å²) < 4.78 is 0. The van der Waals surface area contributed by atoms with Crippen LogP contribution in [0.15, 0.2) is 42.5 Å². The van der Waals surface area contributed by atoms with Crippen molar-refractivity contribution in [1.29, 1.82) is 0 Å². The highest BCUT2D eigenvalue weighted by Crippen LogP contribution is 2.26. The number of hydrogen-bond acceptors (Lipinski definition) is 2. The molecule has 0 aliphatic heterocycles. The second-order valence-electron chi connectivity index (χ2n) is 4.66. The van der Waals surface area contributed by atoms with Gasteiger partial charge in [0.25, 0.3) is 5.91 Å². The molecule has 2 rings (SSSR count). The molecule has 0 heterocycles. The summed E-state index contributed by atoms with van der Waals surface area (Å²) in [6, 6.07) is 12.5. The maximum absolute atomic E-state index is 12.3. The van der Waals surface area contributed by atoms with Gasteiger partial charge in [-0.15, -0.1) is 0 Å². The van der Waals surface area contributed by atoms with Crippen LogP contribution in [0.25, 0.3) is 0 Å². The van der Waals surface area contributed by atoms with Crippen LogP contribution >= 0.6 is 23.2 Å². The van der Waals surface area contributed by atoms with Crippen molar-refractivity contribution in [2.45, 2.75) is 13.0 Å². The van der Waals surface area contributed by atoms with E-state index >= 15 is 0 Å². The van der Waals surface area contributed by atoms with Crippen molar-refractivity contribution in [3.8, 4) is 0 Å². The molecular weight excluding hydrogens is 307 g/mol. The molecule has 0 saturated heterocycles. The first kappa shape index (κ1) is 15.7. The summed E-state index contributed by atoms with van der Waals surface area (Å²) in [7, 11) is 1.79. The van der Waals surface area contributed by atoms with Gasteiger partial charge in [-0.1, -0.05) is 41.4 Å². The molecule has 2 N–H and O–H groups in total. The van der Waals surface area contributed by atoms with Gasteiger partial charge in [-0.05, 0) is 36.8 Å². The van der Waals surface area contributed by atoms with Crippen LogP contribution in [-0.4, -0.2) is 13.0 Å². The van der Waals surface area contributed by atoms with Crippen LogP contribution in [0.1, 0.15) is 28.9 Å². The van der Waals surface area contributed by atoms with Gasteiger partial charge in [0, 0.05) is 12.7 Å². The third kappa shape index (κ3) is 3.69.